The molecule has 24 heavy (non-hydrogen) atoms. The molecule has 1 aliphatic rings. The largest absolute Gasteiger partial charge is 0.467 e. The highest BCUT2D eigenvalue weighted by molar-refractivity contribution is 5.19. The average Bonchev–Trinajstić information content (AvgIpc) is 3.09. The zero-order valence-electron chi connectivity index (χ0n) is 13.4. The Morgan fingerprint density at radius 1 is 1.29 bits per heavy atom. The molecule has 0 radical (unpaired) electrons. The summed E-state index contributed by atoms with van der Waals surface area (Å²) in [5, 5.41) is 10.1. The number of morpholine rings is 1. The van der Waals surface area contributed by atoms with E-state index < -0.39 is 6.10 Å². The molecule has 0 unspecified atom stereocenters. The van der Waals surface area contributed by atoms with E-state index >= 15 is 0 Å². The number of rotatable bonds is 7. The number of nitrogens with zero attached hydrogens (tertiary/aromatic N) is 1. The van der Waals surface area contributed by atoms with Crippen molar-refractivity contribution in [1.82, 2.24) is 4.90 Å². The van der Waals surface area contributed by atoms with Crippen LogP contribution < -0.4 is 0 Å². The molecule has 3 rings (SSSR count). The van der Waals surface area contributed by atoms with Crippen LogP contribution in [0.1, 0.15) is 17.4 Å². The molecule has 2 atom stereocenters. The van der Waals surface area contributed by atoms with Crippen LogP contribution in [-0.4, -0.2) is 49.0 Å². The van der Waals surface area contributed by atoms with Gasteiger partial charge in [0.1, 0.15) is 18.2 Å². The molecule has 2 aromatic rings. The summed E-state index contributed by atoms with van der Waals surface area (Å²) < 4.78 is 29.4. The summed E-state index contributed by atoms with van der Waals surface area (Å²) in [6.07, 6.45) is 0.917. The third-order valence-corrected chi connectivity index (χ3v) is 4.00. The molecule has 6 heteroatoms. The molecule has 0 saturated carbocycles. The molecule has 0 spiro atoms. The minimum Gasteiger partial charge on any atom is -0.467 e. The maximum atomic E-state index is 13.0. The molecule has 1 fully saturated rings. The summed E-state index contributed by atoms with van der Waals surface area (Å²) in [7, 11) is 0. The Labute approximate surface area is 140 Å². The van der Waals surface area contributed by atoms with E-state index in [1.54, 1.807) is 24.5 Å². The van der Waals surface area contributed by atoms with Crippen LogP contribution in [-0.2, 0) is 16.1 Å². The number of hydrogen-bond donors (Lipinski definition) is 1. The Balaban J connectivity index is 1.43. The lowest BCUT2D eigenvalue weighted by Gasteiger charge is -2.34. The van der Waals surface area contributed by atoms with Gasteiger partial charge in [-0.3, -0.25) is 4.90 Å². The summed E-state index contributed by atoms with van der Waals surface area (Å²) in [6, 6.07) is 10.0. The van der Waals surface area contributed by atoms with Crippen LogP contribution in [0.25, 0.3) is 0 Å². The first kappa shape index (κ1) is 17.1. The standard InChI is InChI=1S/C18H22FNO4/c19-15-5-3-14(4-6-15)18-11-20(7-9-24-18)10-16(21)12-22-13-17-2-1-8-23-17/h1-6,8,16,18,21H,7,9-13H2/t16-,18+/m0/s1. The van der Waals surface area contributed by atoms with Crippen LogP contribution in [0.2, 0.25) is 0 Å². The van der Waals surface area contributed by atoms with E-state index in [1.165, 1.54) is 12.1 Å². The van der Waals surface area contributed by atoms with Crippen molar-refractivity contribution in [3.05, 3.63) is 59.8 Å². The van der Waals surface area contributed by atoms with Gasteiger partial charge in [-0.05, 0) is 29.8 Å². The second-order valence-corrected chi connectivity index (χ2v) is 5.92. The number of halogens is 1. The summed E-state index contributed by atoms with van der Waals surface area (Å²) in [4.78, 5) is 2.14. The van der Waals surface area contributed by atoms with Gasteiger partial charge >= 0.3 is 0 Å². The Hall–Kier alpha value is -1.73. The van der Waals surface area contributed by atoms with E-state index in [9.17, 15) is 9.50 Å². The third kappa shape index (κ3) is 4.88. The van der Waals surface area contributed by atoms with Crippen LogP contribution in [0.5, 0.6) is 0 Å². The molecular formula is C18H22FNO4. The van der Waals surface area contributed by atoms with Gasteiger partial charge in [-0.15, -0.1) is 0 Å². The number of furan rings is 1. The first-order valence-corrected chi connectivity index (χ1v) is 8.08. The summed E-state index contributed by atoms with van der Waals surface area (Å²) >= 11 is 0. The van der Waals surface area contributed by atoms with Crippen LogP contribution in [0.3, 0.4) is 0 Å². The first-order chi connectivity index (χ1) is 11.7. The zero-order chi connectivity index (χ0) is 16.8. The summed E-state index contributed by atoms with van der Waals surface area (Å²) in [5.74, 6) is 0.487. The molecule has 1 N–H and O–H groups in total. The van der Waals surface area contributed by atoms with Crippen molar-refractivity contribution in [3.63, 3.8) is 0 Å². The van der Waals surface area contributed by atoms with Crippen molar-refractivity contribution in [1.29, 1.82) is 0 Å². The van der Waals surface area contributed by atoms with Crippen LogP contribution in [0.4, 0.5) is 4.39 Å². The topological polar surface area (TPSA) is 55.1 Å². The molecule has 0 aliphatic carbocycles. The first-order valence-electron chi connectivity index (χ1n) is 8.08. The van der Waals surface area contributed by atoms with E-state index in [0.29, 0.717) is 26.3 Å². The number of hydrogen-bond acceptors (Lipinski definition) is 5. The molecule has 1 aromatic heterocycles. The summed E-state index contributed by atoms with van der Waals surface area (Å²) in [6.45, 7) is 3.12. The summed E-state index contributed by atoms with van der Waals surface area (Å²) in [5.41, 5.74) is 0.949. The van der Waals surface area contributed by atoms with Gasteiger partial charge < -0.3 is 19.0 Å². The Morgan fingerprint density at radius 2 is 2.12 bits per heavy atom. The lowest BCUT2D eigenvalue weighted by Crippen LogP contribution is -2.43. The fourth-order valence-electron chi connectivity index (χ4n) is 2.79. The van der Waals surface area contributed by atoms with Crippen molar-refractivity contribution in [2.75, 3.05) is 32.8 Å². The van der Waals surface area contributed by atoms with Gasteiger partial charge in [0.25, 0.3) is 0 Å². The van der Waals surface area contributed by atoms with Crippen molar-refractivity contribution in [3.8, 4) is 0 Å². The third-order valence-electron chi connectivity index (χ3n) is 4.00. The number of β-amino-alcohol motifs (C(OH)–C–C–N with tert-alkyl or cyclic N) is 1. The van der Waals surface area contributed by atoms with E-state index in [1.807, 2.05) is 6.07 Å². The smallest absolute Gasteiger partial charge is 0.129 e. The van der Waals surface area contributed by atoms with Gasteiger partial charge in [-0.25, -0.2) is 4.39 Å². The molecule has 0 bridgehead atoms. The molecular weight excluding hydrogens is 313 g/mol. The minimum absolute atomic E-state index is 0.101. The van der Waals surface area contributed by atoms with E-state index in [0.717, 1.165) is 17.9 Å². The lowest BCUT2D eigenvalue weighted by molar-refractivity contribution is -0.0544. The maximum absolute atomic E-state index is 13.0. The van der Waals surface area contributed by atoms with Crippen molar-refractivity contribution < 1.29 is 23.4 Å². The lowest BCUT2D eigenvalue weighted by atomic mass is 10.1. The van der Waals surface area contributed by atoms with E-state index in [2.05, 4.69) is 4.90 Å². The molecule has 1 aromatic carbocycles. The fourth-order valence-corrected chi connectivity index (χ4v) is 2.79. The second kappa shape index (κ2) is 8.39. The van der Waals surface area contributed by atoms with Gasteiger partial charge in [0.2, 0.25) is 0 Å². The van der Waals surface area contributed by atoms with Crippen LogP contribution >= 0.6 is 0 Å². The molecule has 5 nitrogen and oxygen atoms in total. The van der Waals surface area contributed by atoms with E-state index in [-0.39, 0.29) is 18.5 Å². The fraction of sp³-hybridized carbons (Fsp3) is 0.444. The van der Waals surface area contributed by atoms with Gasteiger partial charge in [0.15, 0.2) is 0 Å². The SMILES string of the molecule is O[C@H](COCc1ccco1)CN1CCO[C@@H](c2ccc(F)cc2)C1. The molecule has 1 saturated heterocycles. The van der Waals surface area contributed by atoms with E-state index in [4.69, 9.17) is 13.9 Å². The van der Waals surface area contributed by atoms with Gasteiger partial charge in [-0.1, -0.05) is 12.1 Å². The normalized spacial score (nSPS) is 20.2. The maximum Gasteiger partial charge on any atom is 0.129 e. The number of benzene rings is 1. The van der Waals surface area contributed by atoms with Crippen LogP contribution in [0.15, 0.2) is 47.1 Å². The highest BCUT2D eigenvalue weighted by Gasteiger charge is 2.23. The van der Waals surface area contributed by atoms with Crippen molar-refractivity contribution in [2.24, 2.45) is 0 Å². The van der Waals surface area contributed by atoms with Gasteiger partial charge in [0, 0.05) is 19.6 Å². The highest BCUT2D eigenvalue weighted by Crippen LogP contribution is 2.22. The number of aliphatic hydroxyl groups is 1. The predicted octanol–water partition coefficient (Wildman–Crippen LogP) is 2.37. The average molecular weight is 335 g/mol. The molecule has 1 aliphatic heterocycles. The Bertz CT molecular complexity index is 602. The van der Waals surface area contributed by atoms with Crippen molar-refractivity contribution in [2.45, 2.75) is 18.8 Å². The molecule has 130 valence electrons. The number of ether oxygens (including phenoxy) is 2. The monoisotopic (exact) mass is 335 g/mol. The highest BCUT2D eigenvalue weighted by atomic mass is 19.1. The Kier molecular flexibility index (Phi) is 5.98. The zero-order valence-corrected chi connectivity index (χ0v) is 13.4. The Morgan fingerprint density at radius 3 is 2.88 bits per heavy atom. The molecule has 0 amide bonds. The van der Waals surface area contributed by atoms with Crippen LogP contribution in [0, 0.1) is 5.82 Å². The van der Waals surface area contributed by atoms with Crippen molar-refractivity contribution >= 4 is 0 Å². The second-order valence-electron chi connectivity index (χ2n) is 5.92. The minimum atomic E-state index is -0.577. The predicted molar refractivity (Wildman–Crippen MR) is 85.9 cm³/mol. The molecule has 2 heterocycles. The number of aliphatic hydroxyl groups excluding tert-OH is 1. The van der Waals surface area contributed by atoms with Gasteiger partial charge in [0.05, 0.1) is 31.7 Å². The quantitative estimate of drug-likeness (QED) is 0.842. The van der Waals surface area contributed by atoms with Gasteiger partial charge in [-0.2, -0.15) is 0 Å².